The van der Waals surface area contributed by atoms with Crippen molar-refractivity contribution < 1.29 is 4.79 Å². The summed E-state index contributed by atoms with van der Waals surface area (Å²) < 4.78 is 0. The van der Waals surface area contributed by atoms with Crippen LogP contribution in [0.5, 0.6) is 0 Å². The molecule has 0 aliphatic carbocycles. The van der Waals surface area contributed by atoms with E-state index in [9.17, 15) is 4.79 Å². The van der Waals surface area contributed by atoms with E-state index < -0.39 is 0 Å². The number of hydrogen-bond donors (Lipinski definition) is 1. The molecule has 2 heteroatoms. The van der Waals surface area contributed by atoms with Crippen LogP contribution in [0.15, 0.2) is 0 Å². The molecule has 0 aromatic heterocycles. The number of ketones is 1. The van der Waals surface area contributed by atoms with Crippen LogP contribution in [0.4, 0.5) is 0 Å². The first-order chi connectivity index (χ1) is 7.63. The number of Topliss-reactive ketones (excluding diaryl/α,β-unsaturated/α-hetero) is 1. The van der Waals surface area contributed by atoms with Gasteiger partial charge in [-0.05, 0) is 31.2 Å². The first-order valence-electron chi connectivity index (χ1n) is 6.85. The van der Waals surface area contributed by atoms with E-state index in [1.165, 1.54) is 12.8 Å². The average molecular weight is 227 g/mol. The molecule has 0 fully saturated rings. The molecule has 0 aliphatic rings. The molecule has 0 radical (unpaired) electrons. The molecule has 0 aliphatic heterocycles. The molecule has 0 heterocycles. The Hall–Kier alpha value is -0.370. The second kappa shape index (κ2) is 9.83. The van der Waals surface area contributed by atoms with E-state index in [-0.39, 0.29) is 0 Å². The van der Waals surface area contributed by atoms with Gasteiger partial charge in [-0.2, -0.15) is 0 Å². The van der Waals surface area contributed by atoms with E-state index in [1.54, 1.807) is 0 Å². The zero-order valence-corrected chi connectivity index (χ0v) is 11.3. The Morgan fingerprint density at radius 2 is 1.88 bits per heavy atom. The summed E-state index contributed by atoms with van der Waals surface area (Å²) >= 11 is 0. The summed E-state index contributed by atoms with van der Waals surface area (Å²) in [7, 11) is 0. The molecule has 2 unspecified atom stereocenters. The largest absolute Gasteiger partial charge is 0.330 e. The van der Waals surface area contributed by atoms with E-state index in [1.807, 2.05) is 0 Å². The van der Waals surface area contributed by atoms with Crippen molar-refractivity contribution in [2.24, 2.45) is 17.6 Å². The topological polar surface area (TPSA) is 43.1 Å². The highest BCUT2D eigenvalue weighted by molar-refractivity contribution is 5.78. The number of hydrogen-bond acceptors (Lipinski definition) is 2. The molecular formula is C14H29NO. The van der Waals surface area contributed by atoms with E-state index in [4.69, 9.17) is 5.73 Å². The summed E-state index contributed by atoms with van der Waals surface area (Å²) in [6, 6.07) is 0. The fourth-order valence-corrected chi connectivity index (χ4v) is 2.24. The molecule has 2 nitrogen and oxygen atoms in total. The zero-order chi connectivity index (χ0) is 12.4. The standard InChI is InChI=1S/C14H29NO/c1-4-6-12(3)11-14(16)8-7-13(5-2)9-10-15/h12-13H,4-11,15H2,1-3H3. The van der Waals surface area contributed by atoms with Gasteiger partial charge in [-0.1, -0.05) is 40.0 Å². The Morgan fingerprint density at radius 3 is 2.38 bits per heavy atom. The molecule has 0 saturated carbocycles. The van der Waals surface area contributed by atoms with Gasteiger partial charge in [0.2, 0.25) is 0 Å². The van der Waals surface area contributed by atoms with Crippen molar-refractivity contribution in [1.82, 2.24) is 0 Å². The molecule has 0 aromatic rings. The van der Waals surface area contributed by atoms with Gasteiger partial charge < -0.3 is 5.73 Å². The third-order valence-corrected chi connectivity index (χ3v) is 3.34. The Morgan fingerprint density at radius 1 is 1.19 bits per heavy atom. The van der Waals surface area contributed by atoms with Gasteiger partial charge in [-0.25, -0.2) is 0 Å². The molecule has 2 N–H and O–H groups in total. The van der Waals surface area contributed by atoms with Crippen LogP contribution in [0, 0.1) is 11.8 Å². The highest BCUT2D eigenvalue weighted by atomic mass is 16.1. The zero-order valence-electron chi connectivity index (χ0n) is 11.3. The number of rotatable bonds is 10. The van der Waals surface area contributed by atoms with E-state index in [0.29, 0.717) is 17.6 Å². The van der Waals surface area contributed by atoms with Crippen LogP contribution in [0.3, 0.4) is 0 Å². The Balaban J connectivity index is 3.70. The average Bonchev–Trinajstić information content (AvgIpc) is 2.24. The van der Waals surface area contributed by atoms with Crippen LogP contribution in [0.1, 0.15) is 65.7 Å². The van der Waals surface area contributed by atoms with Crippen LogP contribution >= 0.6 is 0 Å². The summed E-state index contributed by atoms with van der Waals surface area (Å²) in [5.74, 6) is 1.65. The van der Waals surface area contributed by atoms with E-state index in [0.717, 1.165) is 38.6 Å². The number of nitrogens with two attached hydrogens (primary N) is 1. The summed E-state index contributed by atoms with van der Waals surface area (Å²) in [6.45, 7) is 7.29. The molecule has 0 saturated heterocycles. The van der Waals surface area contributed by atoms with Crippen molar-refractivity contribution in [3.8, 4) is 0 Å². The Kier molecular flexibility index (Phi) is 9.60. The lowest BCUT2D eigenvalue weighted by atomic mass is 9.92. The molecule has 0 spiro atoms. The predicted octanol–water partition coefficient (Wildman–Crippen LogP) is 3.54. The summed E-state index contributed by atoms with van der Waals surface area (Å²) in [5.41, 5.74) is 5.55. The van der Waals surface area contributed by atoms with E-state index in [2.05, 4.69) is 20.8 Å². The Bertz CT molecular complexity index is 180. The van der Waals surface area contributed by atoms with Gasteiger partial charge in [0, 0.05) is 12.8 Å². The van der Waals surface area contributed by atoms with E-state index >= 15 is 0 Å². The second-order valence-electron chi connectivity index (χ2n) is 5.03. The maximum atomic E-state index is 11.7. The maximum absolute atomic E-state index is 11.7. The van der Waals surface area contributed by atoms with Gasteiger partial charge >= 0.3 is 0 Å². The SMILES string of the molecule is CCCC(C)CC(=O)CCC(CC)CCN. The highest BCUT2D eigenvalue weighted by Crippen LogP contribution is 2.17. The molecule has 2 atom stereocenters. The molecular weight excluding hydrogens is 198 g/mol. The minimum atomic E-state index is 0.441. The molecule has 96 valence electrons. The lowest BCUT2D eigenvalue weighted by molar-refractivity contribution is -0.120. The lowest BCUT2D eigenvalue weighted by Gasteiger charge is -2.14. The van der Waals surface area contributed by atoms with Crippen molar-refractivity contribution in [2.75, 3.05) is 6.54 Å². The first-order valence-corrected chi connectivity index (χ1v) is 6.85. The third kappa shape index (κ3) is 7.86. The van der Waals surface area contributed by atoms with Gasteiger partial charge in [0.1, 0.15) is 5.78 Å². The molecule has 0 rings (SSSR count). The van der Waals surface area contributed by atoms with Gasteiger partial charge in [-0.3, -0.25) is 4.79 Å². The van der Waals surface area contributed by atoms with Crippen molar-refractivity contribution in [3.63, 3.8) is 0 Å². The summed E-state index contributed by atoms with van der Waals surface area (Å²) in [5, 5.41) is 0. The van der Waals surface area contributed by atoms with Gasteiger partial charge in [0.15, 0.2) is 0 Å². The predicted molar refractivity (Wildman–Crippen MR) is 70.4 cm³/mol. The van der Waals surface area contributed by atoms with Crippen LogP contribution in [0.25, 0.3) is 0 Å². The van der Waals surface area contributed by atoms with Gasteiger partial charge in [-0.15, -0.1) is 0 Å². The maximum Gasteiger partial charge on any atom is 0.133 e. The van der Waals surface area contributed by atoms with Crippen molar-refractivity contribution in [1.29, 1.82) is 0 Å². The molecule has 0 amide bonds. The monoisotopic (exact) mass is 227 g/mol. The van der Waals surface area contributed by atoms with Gasteiger partial charge in [0.25, 0.3) is 0 Å². The molecule has 0 bridgehead atoms. The van der Waals surface area contributed by atoms with Crippen LogP contribution in [0.2, 0.25) is 0 Å². The minimum Gasteiger partial charge on any atom is -0.330 e. The van der Waals surface area contributed by atoms with Crippen LogP contribution in [-0.4, -0.2) is 12.3 Å². The van der Waals surface area contributed by atoms with Gasteiger partial charge in [0.05, 0.1) is 0 Å². The first kappa shape index (κ1) is 15.6. The van der Waals surface area contributed by atoms with Crippen molar-refractivity contribution in [2.45, 2.75) is 65.7 Å². The fraction of sp³-hybridized carbons (Fsp3) is 0.929. The minimum absolute atomic E-state index is 0.441. The number of carbonyl (C=O) groups excluding carboxylic acids is 1. The van der Waals surface area contributed by atoms with Crippen molar-refractivity contribution in [3.05, 3.63) is 0 Å². The third-order valence-electron chi connectivity index (χ3n) is 3.34. The van der Waals surface area contributed by atoms with Crippen LogP contribution < -0.4 is 5.73 Å². The summed E-state index contributed by atoms with van der Waals surface area (Å²) in [6.07, 6.45) is 7.12. The smallest absolute Gasteiger partial charge is 0.133 e. The normalized spacial score (nSPS) is 14.8. The fourth-order valence-electron chi connectivity index (χ4n) is 2.24. The molecule has 0 aromatic carbocycles. The van der Waals surface area contributed by atoms with Crippen molar-refractivity contribution >= 4 is 5.78 Å². The molecule has 16 heavy (non-hydrogen) atoms. The lowest BCUT2D eigenvalue weighted by Crippen LogP contribution is -2.11. The number of carbonyl (C=O) groups is 1. The quantitative estimate of drug-likeness (QED) is 0.620. The highest BCUT2D eigenvalue weighted by Gasteiger charge is 2.11. The second-order valence-corrected chi connectivity index (χ2v) is 5.03. The summed E-state index contributed by atoms with van der Waals surface area (Å²) in [4.78, 5) is 11.7. The van der Waals surface area contributed by atoms with Crippen LogP contribution in [-0.2, 0) is 4.79 Å². The Labute approximate surface area is 101 Å².